The van der Waals surface area contributed by atoms with E-state index < -0.39 is 4.92 Å². The Morgan fingerprint density at radius 2 is 2.14 bits per heavy atom. The van der Waals surface area contributed by atoms with Crippen LogP contribution in [0.5, 0.6) is 0 Å². The highest BCUT2D eigenvalue weighted by Gasteiger charge is 2.26. The average molecular weight is 291 g/mol. The van der Waals surface area contributed by atoms with Gasteiger partial charge in [0.2, 0.25) is 0 Å². The zero-order valence-electron chi connectivity index (χ0n) is 12.6. The molecule has 0 spiro atoms. The predicted octanol–water partition coefficient (Wildman–Crippen LogP) is 2.90. The first-order valence-corrected chi connectivity index (χ1v) is 7.19. The fourth-order valence-electron chi connectivity index (χ4n) is 2.24. The van der Waals surface area contributed by atoms with E-state index in [1.54, 1.807) is 24.1 Å². The summed E-state index contributed by atoms with van der Waals surface area (Å²) in [5.41, 5.74) is 0.808. The van der Waals surface area contributed by atoms with Gasteiger partial charge in [-0.05, 0) is 30.9 Å². The molecule has 1 N–H and O–H groups in total. The van der Waals surface area contributed by atoms with Crippen LogP contribution in [0.25, 0.3) is 0 Å². The minimum Gasteiger partial charge on any atom is -0.377 e. The number of benzene rings is 1. The van der Waals surface area contributed by atoms with E-state index in [-0.39, 0.29) is 11.6 Å². The summed E-state index contributed by atoms with van der Waals surface area (Å²) < 4.78 is 0. The van der Waals surface area contributed by atoms with Gasteiger partial charge in [-0.3, -0.25) is 14.9 Å². The summed E-state index contributed by atoms with van der Waals surface area (Å²) in [6.07, 6.45) is 2.07. The van der Waals surface area contributed by atoms with Crippen LogP contribution < -0.4 is 5.32 Å². The molecule has 114 valence electrons. The summed E-state index contributed by atoms with van der Waals surface area (Å²) in [7, 11) is 1.71. The van der Waals surface area contributed by atoms with Gasteiger partial charge < -0.3 is 10.2 Å². The molecule has 1 saturated carbocycles. The number of carbonyl (C=O) groups excluding carboxylic acids is 1. The minimum absolute atomic E-state index is 0.0364. The second kappa shape index (κ2) is 6.11. The lowest BCUT2D eigenvalue weighted by molar-refractivity contribution is -0.384. The molecule has 1 aromatic carbocycles. The average Bonchev–Trinajstić information content (AvgIpc) is 3.21. The topological polar surface area (TPSA) is 75.5 Å². The van der Waals surface area contributed by atoms with Crippen molar-refractivity contribution >= 4 is 17.3 Å². The number of rotatable bonds is 6. The summed E-state index contributed by atoms with van der Waals surface area (Å²) in [5.74, 6) is 0.162. The van der Waals surface area contributed by atoms with Crippen LogP contribution in [0.3, 0.4) is 0 Å². The van der Waals surface area contributed by atoms with Gasteiger partial charge in [-0.1, -0.05) is 13.8 Å². The van der Waals surface area contributed by atoms with E-state index in [0.717, 1.165) is 12.8 Å². The number of hydrogen-bond acceptors (Lipinski definition) is 4. The Hall–Kier alpha value is -2.11. The standard InChI is InChI=1S/C15H21N3O3/c1-10(2)9-17(3)15(19)11-4-7-13(16-12-5-6-12)14(8-11)18(20)21/h4,7-8,10,12,16H,5-6,9H2,1-3H3. The van der Waals surface area contributed by atoms with Gasteiger partial charge in [0.25, 0.3) is 11.6 Å². The van der Waals surface area contributed by atoms with Crippen molar-refractivity contribution in [3.8, 4) is 0 Å². The molecule has 0 aliphatic heterocycles. The van der Waals surface area contributed by atoms with E-state index >= 15 is 0 Å². The van der Waals surface area contributed by atoms with E-state index in [2.05, 4.69) is 5.32 Å². The quantitative estimate of drug-likeness (QED) is 0.646. The molecule has 0 saturated heterocycles. The van der Waals surface area contributed by atoms with Crippen LogP contribution in [0.1, 0.15) is 37.0 Å². The van der Waals surface area contributed by atoms with Gasteiger partial charge in [0.05, 0.1) is 4.92 Å². The van der Waals surface area contributed by atoms with Crippen molar-refractivity contribution in [2.45, 2.75) is 32.7 Å². The van der Waals surface area contributed by atoms with E-state index in [1.807, 2.05) is 13.8 Å². The number of nitrogens with zero attached hydrogens (tertiary/aromatic N) is 2. The molecular weight excluding hydrogens is 270 g/mol. The first kappa shape index (κ1) is 15.3. The van der Waals surface area contributed by atoms with Crippen molar-refractivity contribution in [3.05, 3.63) is 33.9 Å². The van der Waals surface area contributed by atoms with Gasteiger partial charge in [0.1, 0.15) is 5.69 Å². The van der Waals surface area contributed by atoms with Crippen LogP contribution in [-0.4, -0.2) is 35.4 Å². The lowest BCUT2D eigenvalue weighted by atomic mass is 10.1. The number of anilines is 1. The number of amides is 1. The molecule has 2 rings (SSSR count). The first-order chi connectivity index (χ1) is 9.88. The van der Waals surface area contributed by atoms with Gasteiger partial charge in [0.15, 0.2) is 0 Å². The second-order valence-electron chi connectivity index (χ2n) is 5.99. The molecule has 21 heavy (non-hydrogen) atoms. The van der Waals surface area contributed by atoms with Crippen molar-refractivity contribution in [1.82, 2.24) is 4.90 Å². The van der Waals surface area contributed by atoms with Crippen LogP contribution in [-0.2, 0) is 0 Å². The smallest absolute Gasteiger partial charge is 0.293 e. The summed E-state index contributed by atoms with van der Waals surface area (Å²) in [6.45, 7) is 4.67. The molecule has 0 aromatic heterocycles. The summed E-state index contributed by atoms with van der Waals surface area (Å²) in [6, 6.07) is 4.97. The van der Waals surface area contributed by atoms with Gasteiger partial charge in [-0.25, -0.2) is 0 Å². The molecule has 1 amide bonds. The predicted molar refractivity (Wildman–Crippen MR) is 81.5 cm³/mol. The minimum atomic E-state index is -0.441. The fraction of sp³-hybridized carbons (Fsp3) is 0.533. The Balaban J connectivity index is 2.22. The van der Waals surface area contributed by atoms with Crippen LogP contribution in [0.4, 0.5) is 11.4 Å². The molecule has 0 unspecified atom stereocenters. The molecule has 6 nitrogen and oxygen atoms in total. The lowest BCUT2D eigenvalue weighted by Gasteiger charge is -2.19. The normalized spacial score (nSPS) is 14.1. The Kier molecular flexibility index (Phi) is 4.45. The molecular formula is C15H21N3O3. The van der Waals surface area contributed by atoms with Gasteiger partial charge in [0, 0.05) is 31.3 Å². The zero-order chi connectivity index (χ0) is 15.6. The molecule has 6 heteroatoms. The molecule has 1 fully saturated rings. The maximum Gasteiger partial charge on any atom is 0.293 e. The Morgan fingerprint density at radius 3 is 2.67 bits per heavy atom. The molecule has 1 aliphatic rings. The largest absolute Gasteiger partial charge is 0.377 e. The van der Waals surface area contributed by atoms with Crippen molar-refractivity contribution in [2.24, 2.45) is 5.92 Å². The third-order valence-electron chi connectivity index (χ3n) is 3.36. The zero-order valence-corrected chi connectivity index (χ0v) is 12.6. The number of nitro groups is 1. The highest BCUT2D eigenvalue weighted by atomic mass is 16.6. The fourth-order valence-corrected chi connectivity index (χ4v) is 2.24. The van der Waals surface area contributed by atoms with Crippen molar-refractivity contribution in [3.63, 3.8) is 0 Å². The van der Waals surface area contributed by atoms with Gasteiger partial charge >= 0.3 is 0 Å². The van der Waals surface area contributed by atoms with E-state index in [4.69, 9.17) is 0 Å². The monoisotopic (exact) mass is 291 g/mol. The third kappa shape index (κ3) is 3.93. The Labute approximate surface area is 124 Å². The summed E-state index contributed by atoms with van der Waals surface area (Å²) in [4.78, 5) is 24.6. The number of carbonyl (C=O) groups is 1. The highest BCUT2D eigenvalue weighted by molar-refractivity contribution is 5.95. The molecule has 0 heterocycles. The Bertz CT molecular complexity index is 553. The second-order valence-corrected chi connectivity index (χ2v) is 5.99. The third-order valence-corrected chi connectivity index (χ3v) is 3.36. The summed E-state index contributed by atoms with van der Waals surface area (Å²) >= 11 is 0. The van der Waals surface area contributed by atoms with Gasteiger partial charge in [-0.15, -0.1) is 0 Å². The maximum atomic E-state index is 12.3. The molecule has 0 radical (unpaired) electrons. The van der Waals surface area contributed by atoms with Crippen molar-refractivity contribution < 1.29 is 9.72 Å². The van der Waals surface area contributed by atoms with E-state index in [0.29, 0.717) is 29.8 Å². The number of hydrogen-bond donors (Lipinski definition) is 1. The van der Waals surface area contributed by atoms with E-state index in [1.165, 1.54) is 6.07 Å². The molecule has 0 atom stereocenters. The molecule has 0 bridgehead atoms. The van der Waals surface area contributed by atoms with Crippen LogP contribution in [0.2, 0.25) is 0 Å². The van der Waals surface area contributed by atoms with Crippen LogP contribution in [0, 0.1) is 16.0 Å². The first-order valence-electron chi connectivity index (χ1n) is 7.19. The molecule has 1 aromatic rings. The lowest BCUT2D eigenvalue weighted by Crippen LogP contribution is -2.30. The number of nitro benzene ring substituents is 1. The maximum absolute atomic E-state index is 12.3. The van der Waals surface area contributed by atoms with E-state index in [9.17, 15) is 14.9 Å². The van der Waals surface area contributed by atoms with Gasteiger partial charge in [-0.2, -0.15) is 0 Å². The summed E-state index contributed by atoms with van der Waals surface area (Å²) in [5, 5.41) is 14.3. The van der Waals surface area contributed by atoms with Crippen molar-refractivity contribution in [1.29, 1.82) is 0 Å². The highest BCUT2D eigenvalue weighted by Crippen LogP contribution is 2.31. The van der Waals surface area contributed by atoms with Crippen LogP contribution >= 0.6 is 0 Å². The molecule has 1 aliphatic carbocycles. The van der Waals surface area contributed by atoms with Crippen LogP contribution in [0.15, 0.2) is 18.2 Å². The van der Waals surface area contributed by atoms with Crippen molar-refractivity contribution in [2.75, 3.05) is 18.9 Å². The Morgan fingerprint density at radius 1 is 1.48 bits per heavy atom. The number of nitrogens with one attached hydrogen (secondary N) is 1. The SMILES string of the molecule is CC(C)CN(C)C(=O)c1ccc(NC2CC2)c([N+](=O)[O-])c1.